The van der Waals surface area contributed by atoms with Crippen molar-refractivity contribution in [2.75, 3.05) is 0 Å². The molecule has 60 valence electrons. The average molecular weight is 193 g/mol. The highest BCUT2D eigenvalue weighted by Crippen LogP contribution is 2.25. The zero-order chi connectivity index (χ0) is 8.20. The van der Waals surface area contributed by atoms with Crippen molar-refractivity contribution in [1.29, 1.82) is 0 Å². The van der Waals surface area contributed by atoms with Crippen LogP contribution in [0.4, 0.5) is 13.2 Å². The zero-order valence-electron chi connectivity index (χ0n) is 4.88. The molecule has 0 bridgehead atoms. The minimum Gasteiger partial charge on any atom is -0.171 e. The largest absolute Gasteiger partial charge is 0.389 e. The van der Waals surface area contributed by atoms with Gasteiger partial charge in [-0.05, 0) is 6.42 Å². The van der Waals surface area contributed by atoms with E-state index in [0.29, 0.717) is 0 Å². The molecule has 0 unspecified atom stereocenters. The molecule has 0 nitrogen and oxygen atoms in total. The van der Waals surface area contributed by atoms with Crippen LogP contribution in [0.25, 0.3) is 0 Å². The van der Waals surface area contributed by atoms with Gasteiger partial charge >= 0.3 is 6.18 Å². The van der Waals surface area contributed by atoms with Crippen LogP contribution in [0.1, 0.15) is 12.8 Å². The maximum Gasteiger partial charge on any atom is 0.389 e. The normalized spacial score (nSPS) is 13.9. The number of rotatable bonds is 2. The Morgan fingerprint density at radius 2 is 1.90 bits per heavy atom. The highest BCUT2D eigenvalue weighted by Gasteiger charge is 2.26. The third kappa shape index (κ3) is 6.23. The quantitative estimate of drug-likeness (QED) is 0.627. The van der Waals surface area contributed by atoms with E-state index >= 15 is 0 Å². The van der Waals surface area contributed by atoms with Gasteiger partial charge in [0, 0.05) is 17.0 Å². The summed E-state index contributed by atoms with van der Waals surface area (Å²) in [6.07, 6.45) is -5.32. The van der Waals surface area contributed by atoms with Gasteiger partial charge < -0.3 is 0 Å². The molecule has 0 aliphatic heterocycles. The second-order valence-electron chi connectivity index (χ2n) is 1.67. The summed E-state index contributed by atoms with van der Waals surface area (Å²) >= 11 is 10.2. The highest BCUT2D eigenvalue weighted by molar-refractivity contribution is 6.36. The summed E-state index contributed by atoms with van der Waals surface area (Å²) in [7, 11) is 0. The third-order valence-corrected chi connectivity index (χ3v) is 1.44. The lowest BCUT2D eigenvalue weighted by Gasteiger charge is -2.03. The van der Waals surface area contributed by atoms with Crippen molar-refractivity contribution in [3.8, 4) is 0 Å². The summed E-state index contributed by atoms with van der Waals surface area (Å²) in [4.78, 5) is 0. The maximum absolute atomic E-state index is 11.4. The van der Waals surface area contributed by atoms with E-state index in [9.17, 15) is 13.2 Å². The highest BCUT2D eigenvalue weighted by atomic mass is 35.5. The summed E-state index contributed by atoms with van der Waals surface area (Å²) in [6, 6.07) is 0. The molecule has 10 heavy (non-hydrogen) atoms. The van der Waals surface area contributed by atoms with E-state index in [-0.39, 0.29) is 11.5 Å². The monoisotopic (exact) mass is 192 g/mol. The fourth-order valence-electron chi connectivity index (χ4n) is 0.316. The second-order valence-corrected chi connectivity index (χ2v) is 2.37. The van der Waals surface area contributed by atoms with E-state index in [1.165, 1.54) is 0 Å². The molecule has 0 rings (SSSR count). The fourth-order valence-corrected chi connectivity index (χ4v) is 0.519. The van der Waals surface area contributed by atoms with Crippen molar-refractivity contribution in [1.82, 2.24) is 0 Å². The molecule has 5 heteroatoms. The topological polar surface area (TPSA) is 0 Å². The van der Waals surface area contributed by atoms with E-state index < -0.39 is 12.6 Å². The van der Waals surface area contributed by atoms with Gasteiger partial charge in [0.2, 0.25) is 0 Å². The second kappa shape index (κ2) is 4.09. The van der Waals surface area contributed by atoms with Crippen molar-refractivity contribution in [3.63, 3.8) is 0 Å². The maximum atomic E-state index is 11.4. The summed E-state index contributed by atoms with van der Waals surface area (Å²) < 4.78 is 34.3. The van der Waals surface area contributed by atoms with Crippen LogP contribution >= 0.6 is 23.2 Å². The molecule has 0 saturated heterocycles. The molecular weight excluding hydrogens is 188 g/mol. The van der Waals surface area contributed by atoms with E-state index in [0.717, 1.165) is 5.54 Å². The Balaban J connectivity index is 3.56. The van der Waals surface area contributed by atoms with Gasteiger partial charge in [0.1, 0.15) is 0 Å². The van der Waals surface area contributed by atoms with E-state index in [1.807, 2.05) is 0 Å². The van der Waals surface area contributed by atoms with E-state index in [1.54, 1.807) is 0 Å². The molecule has 0 aliphatic carbocycles. The number of hydrogen-bond acceptors (Lipinski definition) is 0. The van der Waals surface area contributed by atoms with Crippen molar-refractivity contribution in [3.05, 3.63) is 10.6 Å². The summed E-state index contributed by atoms with van der Waals surface area (Å²) in [5.41, 5.74) is 0.938. The molecule has 0 N–H and O–H groups in total. The summed E-state index contributed by atoms with van der Waals surface area (Å²) in [6.45, 7) is 0. The summed E-state index contributed by atoms with van der Waals surface area (Å²) in [5.74, 6) is 0. The van der Waals surface area contributed by atoms with Crippen molar-refractivity contribution in [2.24, 2.45) is 0 Å². The number of halogens is 5. The number of hydrogen-bond donors (Lipinski definition) is 0. The van der Waals surface area contributed by atoms with Gasteiger partial charge in [-0.2, -0.15) is 13.2 Å². The molecule has 0 aromatic rings. The van der Waals surface area contributed by atoms with Crippen molar-refractivity contribution in [2.45, 2.75) is 19.0 Å². The average Bonchev–Trinajstić information content (AvgIpc) is 1.81. The Bertz CT molecular complexity index is 127. The van der Waals surface area contributed by atoms with Gasteiger partial charge in [-0.25, -0.2) is 0 Å². The van der Waals surface area contributed by atoms with Gasteiger partial charge in [-0.3, -0.25) is 0 Å². The first-order valence-corrected chi connectivity index (χ1v) is 3.28. The van der Waals surface area contributed by atoms with Crippen LogP contribution in [0.2, 0.25) is 0 Å². The molecule has 0 aromatic heterocycles. The number of alkyl halides is 3. The first-order chi connectivity index (χ1) is 4.45. The lowest BCUT2D eigenvalue weighted by Crippen LogP contribution is -2.06. The zero-order valence-corrected chi connectivity index (χ0v) is 6.39. The molecule has 0 amide bonds. The molecule has 0 fully saturated rings. The first kappa shape index (κ1) is 10.1. The molecule has 0 heterocycles. The lowest BCUT2D eigenvalue weighted by molar-refractivity contribution is -0.133. The van der Waals surface area contributed by atoms with Gasteiger partial charge in [0.15, 0.2) is 0 Å². The van der Waals surface area contributed by atoms with Crippen LogP contribution in [0.15, 0.2) is 10.6 Å². The molecule has 0 atom stereocenters. The molecule has 0 aromatic carbocycles. The standard InChI is InChI=1S/C5H5Cl2F3/c6-3-4(7)1-2-5(8,9)10/h3H,1-2H2. The predicted octanol–water partition coefficient (Wildman–Crippen LogP) is 3.65. The Morgan fingerprint density at radius 3 is 2.20 bits per heavy atom. The third-order valence-electron chi connectivity index (χ3n) is 0.766. The lowest BCUT2D eigenvalue weighted by atomic mass is 10.3. The smallest absolute Gasteiger partial charge is 0.171 e. The molecule has 0 radical (unpaired) electrons. The molecular formula is C5H5Cl2F3. The van der Waals surface area contributed by atoms with Gasteiger partial charge in [0.25, 0.3) is 0 Å². The van der Waals surface area contributed by atoms with Crippen LogP contribution in [-0.2, 0) is 0 Å². The SMILES string of the molecule is FC(F)(F)CCC(Cl)=CCl. The Labute approximate surface area is 66.6 Å². The van der Waals surface area contributed by atoms with Gasteiger partial charge in [-0.1, -0.05) is 23.2 Å². The Morgan fingerprint density at radius 1 is 1.40 bits per heavy atom. The van der Waals surface area contributed by atoms with E-state index in [2.05, 4.69) is 0 Å². The Kier molecular flexibility index (Phi) is 4.13. The Hall–Kier alpha value is 0.110. The molecule has 0 saturated carbocycles. The van der Waals surface area contributed by atoms with Crippen molar-refractivity contribution >= 4 is 23.2 Å². The summed E-state index contributed by atoms with van der Waals surface area (Å²) in [5, 5.41) is 0.0268. The van der Waals surface area contributed by atoms with E-state index in [4.69, 9.17) is 23.2 Å². The van der Waals surface area contributed by atoms with Gasteiger partial charge in [-0.15, -0.1) is 0 Å². The van der Waals surface area contributed by atoms with Crippen LogP contribution in [0.5, 0.6) is 0 Å². The minimum absolute atomic E-state index is 0.0268. The minimum atomic E-state index is -4.15. The van der Waals surface area contributed by atoms with Crippen LogP contribution in [0, 0.1) is 0 Å². The number of allylic oxidation sites excluding steroid dienone is 1. The van der Waals surface area contributed by atoms with Crippen molar-refractivity contribution < 1.29 is 13.2 Å². The predicted molar refractivity (Wildman–Crippen MR) is 35.1 cm³/mol. The van der Waals surface area contributed by atoms with Crippen LogP contribution in [-0.4, -0.2) is 6.18 Å². The molecule has 0 spiro atoms. The fraction of sp³-hybridized carbons (Fsp3) is 0.600. The van der Waals surface area contributed by atoms with Crippen LogP contribution < -0.4 is 0 Å². The van der Waals surface area contributed by atoms with Gasteiger partial charge in [0.05, 0.1) is 0 Å². The van der Waals surface area contributed by atoms with Crippen LogP contribution in [0.3, 0.4) is 0 Å². The first-order valence-electron chi connectivity index (χ1n) is 2.47. The molecule has 0 aliphatic rings.